The number of nitrogens with zero attached hydrogens (tertiary/aromatic N) is 3. The van der Waals surface area contributed by atoms with Gasteiger partial charge in [0.1, 0.15) is 23.2 Å². The van der Waals surface area contributed by atoms with Crippen molar-refractivity contribution < 1.29 is 4.52 Å². The molecular weight excluding hydrogens is 290 g/mol. The van der Waals surface area contributed by atoms with Crippen LogP contribution in [0.3, 0.4) is 0 Å². The monoisotopic (exact) mass is 309 g/mol. The van der Waals surface area contributed by atoms with Crippen LogP contribution in [0.25, 0.3) is 0 Å². The van der Waals surface area contributed by atoms with Gasteiger partial charge in [-0.05, 0) is 51.0 Å². The summed E-state index contributed by atoms with van der Waals surface area (Å²) in [5.41, 5.74) is 3.49. The fraction of sp³-hybridized carbons (Fsp3) is 0.235. The second kappa shape index (κ2) is 6.08. The standard InChI is InChI=1S/C17H19N5O/c1-10-5-6-14(7-11(10)2)20-15-9-16(19-13(4)18-15)21-17-8-12(3)23-22-17/h5-9H,1-4H3,(H2,18,19,20,21,22). The Balaban J connectivity index is 1.83. The molecule has 23 heavy (non-hydrogen) atoms. The summed E-state index contributed by atoms with van der Waals surface area (Å²) in [4.78, 5) is 8.79. The molecule has 0 fully saturated rings. The van der Waals surface area contributed by atoms with Crippen molar-refractivity contribution in [3.63, 3.8) is 0 Å². The van der Waals surface area contributed by atoms with Crippen molar-refractivity contribution in [1.29, 1.82) is 0 Å². The van der Waals surface area contributed by atoms with Gasteiger partial charge in [-0.25, -0.2) is 9.97 Å². The Bertz CT molecular complexity index is 841. The van der Waals surface area contributed by atoms with Gasteiger partial charge in [-0.15, -0.1) is 0 Å². The van der Waals surface area contributed by atoms with Crippen molar-refractivity contribution in [3.8, 4) is 0 Å². The summed E-state index contributed by atoms with van der Waals surface area (Å²) in [7, 11) is 0. The van der Waals surface area contributed by atoms with Crippen molar-refractivity contribution in [1.82, 2.24) is 15.1 Å². The molecule has 0 spiro atoms. The van der Waals surface area contributed by atoms with E-state index in [1.807, 2.05) is 32.0 Å². The van der Waals surface area contributed by atoms with E-state index in [0.717, 1.165) is 17.3 Å². The van der Waals surface area contributed by atoms with Gasteiger partial charge < -0.3 is 15.2 Å². The van der Waals surface area contributed by atoms with Gasteiger partial charge in [0.25, 0.3) is 0 Å². The van der Waals surface area contributed by atoms with Crippen molar-refractivity contribution in [2.75, 3.05) is 10.6 Å². The van der Waals surface area contributed by atoms with Gasteiger partial charge in [0.15, 0.2) is 5.82 Å². The van der Waals surface area contributed by atoms with Gasteiger partial charge in [-0.1, -0.05) is 11.2 Å². The lowest BCUT2D eigenvalue weighted by atomic mass is 10.1. The van der Waals surface area contributed by atoms with E-state index in [9.17, 15) is 0 Å². The molecule has 6 nitrogen and oxygen atoms in total. The summed E-state index contributed by atoms with van der Waals surface area (Å²) >= 11 is 0. The number of anilines is 4. The Morgan fingerprint density at radius 2 is 1.52 bits per heavy atom. The minimum atomic E-state index is 0.623. The number of hydrogen-bond acceptors (Lipinski definition) is 6. The fourth-order valence-electron chi connectivity index (χ4n) is 2.22. The zero-order chi connectivity index (χ0) is 16.4. The van der Waals surface area contributed by atoms with Crippen LogP contribution in [-0.4, -0.2) is 15.1 Å². The first kappa shape index (κ1) is 15.0. The van der Waals surface area contributed by atoms with Crippen LogP contribution >= 0.6 is 0 Å². The third-order valence-electron chi connectivity index (χ3n) is 3.50. The zero-order valence-corrected chi connectivity index (χ0v) is 13.6. The Morgan fingerprint density at radius 1 is 0.783 bits per heavy atom. The summed E-state index contributed by atoms with van der Waals surface area (Å²) in [6, 6.07) is 9.87. The first-order valence-electron chi connectivity index (χ1n) is 7.40. The second-order valence-electron chi connectivity index (χ2n) is 5.56. The molecule has 0 amide bonds. The Kier molecular flexibility index (Phi) is 3.97. The number of benzene rings is 1. The van der Waals surface area contributed by atoms with Crippen LogP contribution in [0.1, 0.15) is 22.7 Å². The van der Waals surface area contributed by atoms with Crippen molar-refractivity contribution >= 4 is 23.1 Å². The summed E-state index contributed by atoms with van der Waals surface area (Å²) in [5.74, 6) is 3.42. The molecule has 3 rings (SSSR count). The van der Waals surface area contributed by atoms with Crippen molar-refractivity contribution in [3.05, 3.63) is 53.0 Å². The third-order valence-corrected chi connectivity index (χ3v) is 3.50. The SMILES string of the molecule is Cc1nc(Nc2ccc(C)c(C)c2)cc(Nc2cc(C)on2)n1. The number of aryl methyl sites for hydroxylation is 4. The average molecular weight is 309 g/mol. The van der Waals surface area contributed by atoms with E-state index in [2.05, 4.69) is 51.7 Å². The van der Waals surface area contributed by atoms with Crippen LogP contribution in [0.15, 0.2) is 34.9 Å². The molecule has 0 aliphatic heterocycles. The third kappa shape index (κ3) is 3.66. The second-order valence-corrected chi connectivity index (χ2v) is 5.56. The van der Waals surface area contributed by atoms with Gasteiger partial charge in [0.05, 0.1) is 0 Å². The molecule has 2 N–H and O–H groups in total. The highest BCUT2D eigenvalue weighted by Gasteiger charge is 2.06. The molecule has 0 bridgehead atoms. The smallest absolute Gasteiger partial charge is 0.175 e. The maximum Gasteiger partial charge on any atom is 0.175 e. The lowest BCUT2D eigenvalue weighted by Crippen LogP contribution is -2.01. The zero-order valence-electron chi connectivity index (χ0n) is 13.6. The van der Waals surface area contributed by atoms with Gasteiger partial charge in [-0.3, -0.25) is 0 Å². The molecule has 2 aromatic heterocycles. The molecule has 3 aromatic rings. The van der Waals surface area contributed by atoms with Gasteiger partial charge >= 0.3 is 0 Å². The number of aromatic nitrogens is 3. The summed E-state index contributed by atoms with van der Waals surface area (Å²) in [5, 5.41) is 10.3. The molecular formula is C17H19N5O. The first-order valence-corrected chi connectivity index (χ1v) is 7.40. The van der Waals surface area contributed by atoms with Crippen LogP contribution in [-0.2, 0) is 0 Å². The molecule has 0 saturated carbocycles. The largest absolute Gasteiger partial charge is 0.360 e. The maximum absolute atomic E-state index is 5.05. The molecule has 1 aromatic carbocycles. The van der Waals surface area contributed by atoms with Gasteiger partial charge in [-0.2, -0.15) is 0 Å². The summed E-state index contributed by atoms with van der Waals surface area (Å²) < 4.78 is 5.05. The molecule has 2 heterocycles. The highest BCUT2D eigenvalue weighted by molar-refractivity contribution is 5.62. The highest BCUT2D eigenvalue weighted by atomic mass is 16.5. The van der Waals surface area contributed by atoms with E-state index >= 15 is 0 Å². The average Bonchev–Trinajstić information content (AvgIpc) is 2.87. The van der Waals surface area contributed by atoms with Crippen LogP contribution in [0.5, 0.6) is 0 Å². The normalized spacial score (nSPS) is 10.6. The molecule has 0 aliphatic carbocycles. The maximum atomic E-state index is 5.05. The summed E-state index contributed by atoms with van der Waals surface area (Å²) in [6.45, 7) is 7.88. The molecule has 118 valence electrons. The first-order chi connectivity index (χ1) is 11.0. The molecule has 0 atom stereocenters. The number of hydrogen-bond donors (Lipinski definition) is 2. The Morgan fingerprint density at radius 3 is 2.17 bits per heavy atom. The van der Waals surface area contributed by atoms with Gasteiger partial charge in [0.2, 0.25) is 0 Å². The Hall–Kier alpha value is -2.89. The van der Waals surface area contributed by atoms with E-state index in [4.69, 9.17) is 4.52 Å². The predicted octanol–water partition coefficient (Wildman–Crippen LogP) is 4.19. The Labute approximate surface area is 135 Å². The molecule has 0 aliphatic rings. The van der Waals surface area contributed by atoms with E-state index in [1.165, 1.54) is 11.1 Å². The fourth-order valence-corrected chi connectivity index (χ4v) is 2.22. The van der Waals surface area contributed by atoms with E-state index < -0.39 is 0 Å². The molecule has 0 saturated heterocycles. The van der Waals surface area contributed by atoms with Crippen molar-refractivity contribution in [2.45, 2.75) is 27.7 Å². The van der Waals surface area contributed by atoms with Crippen LogP contribution in [0, 0.1) is 27.7 Å². The lowest BCUT2D eigenvalue weighted by molar-refractivity contribution is 0.400. The predicted molar refractivity (Wildman–Crippen MR) is 90.5 cm³/mol. The van der Waals surface area contributed by atoms with Crippen molar-refractivity contribution in [2.24, 2.45) is 0 Å². The number of rotatable bonds is 4. The van der Waals surface area contributed by atoms with Crippen LogP contribution < -0.4 is 10.6 Å². The van der Waals surface area contributed by atoms with Crippen LogP contribution in [0.4, 0.5) is 23.1 Å². The van der Waals surface area contributed by atoms with E-state index in [-0.39, 0.29) is 0 Å². The van der Waals surface area contributed by atoms with E-state index in [1.54, 1.807) is 0 Å². The number of nitrogens with one attached hydrogen (secondary N) is 2. The van der Waals surface area contributed by atoms with Crippen LogP contribution in [0.2, 0.25) is 0 Å². The quantitative estimate of drug-likeness (QED) is 0.752. The summed E-state index contributed by atoms with van der Waals surface area (Å²) in [6.07, 6.45) is 0. The minimum Gasteiger partial charge on any atom is -0.360 e. The van der Waals surface area contributed by atoms with Gasteiger partial charge in [0, 0.05) is 17.8 Å². The molecule has 0 unspecified atom stereocenters. The topological polar surface area (TPSA) is 75.9 Å². The molecule has 0 radical (unpaired) electrons. The molecule has 6 heteroatoms. The highest BCUT2D eigenvalue weighted by Crippen LogP contribution is 2.21. The van der Waals surface area contributed by atoms with E-state index in [0.29, 0.717) is 17.5 Å². The minimum absolute atomic E-state index is 0.623. The lowest BCUT2D eigenvalue weighted by Gasteiger charge is -2.10.